The second-order valence-electron chi connectivity index (χ2n) is 7.71. The topological polar surface area (TPSA) is 48.5 Å². The van der Waals surface area contributed by atoms with Gasteiger partial charge in [-0.2, -0.15) is 0 Å². The number of hydrogen-bond donors (Lipinski definition) is 1. The molecule has 5 heteroatoms. The summed E-state index contributed by atoms with van der Waals surface area (Å²) in [7, 11) is 1.80. The maximum absolute atomic E-state index is 12.5. The van der Waals surface area contributed by atoms with Gasteiger partial charge in [0.05, 0.1) is 11.7 Å². The zero-order valence-electron chi connectivity index (χ0n) is 17.1. The van der Waals surface area contributed by atoms with Crippen molar-refractivity contribution in [2.24, 2.45) is 0 Å². The predicted molar refractivity (Wildman–Crippen MR) is 113 cm³/mol. The molecule has 2 aromatic rings. The monoisotopic (exact) mass is 380 g/mol. The van der Waals surface area contributed by atoms with Crippen molar-refractivity contribution in [3.63, 3.8) is 0 Å². The number of amides is 2. The first kappa shape index (κ1) is 20.3. The Hall–Kier alpha value is -2.40. The van der Waals surface area contributed by atoms with Crippen molar-refractivity contribution in [1.29, 1.82) is 0 Å². The summed E-state index contributed by atoms with van der Waals surface area (Å²) in [4.78, 5) is 21.1. The molecule has 1 unspecified atom stereocenters. The average Bonchev–Trinajstić information content (AvgIpc) is 3.01. The first-order valence-corrected chi connectivity index (χ1v) is 10.4. The number of urea groups is 1. The van der Waals surface area contributed by atoms with Crippen LogP contribution in [0, 0.1) is 0 Å². The second-order valence-corrected chi connectivity index (χ2v) is 7.71. The molecule has 1 atom stereocenters. The number of aromatic nitrogens is 1. The molecular weight excluding hydrogens is 348 g/mol. The van der Waals surface area contributed by atoms with E-state index in [1.807, 2.05) is 25.1 Å². The molecule has 1 aliphatic heterocycles. The molecule has 1 aliphatic rings. The Bertz CT molecular complexity index is 724. The zero-order valence-corrected chi connectivity index (χ0v) is 17.1. The van der Waals surface area contributed by atoms with Crippen molar-refractivity contribution in [1.82, 2.24) is 20.1 Å². The van der Waals surface area contributed by atoms with Crippen molar-refractivity contribution in [2.75, 3.05) is 20.1 Å². The van der Waals surface area contributed by atoms with Gasteiger partial charge in [0.2, 0.25) is 0 Å². The highest BCUT2D eigenvalue weighted by atomic mass is 16.2. The molecule has 150 valence electrons. The van der Waals surface area contributed by atoms with E-state index in [1.165, 1.54) is 44.3 Å². The Balaban J connectivity index is 1.48. The number of nitrogens with one attached hydrogen (secondary N) is 1. The van der Waals surface area contributed by atoms with Crippen LogP contribution in [0.2, 0.25) is 0 Å². The van der Waals surface area contributed by atoms with Crippen LogP contribution in [0.15, 0.2) is 48.7 Å². The highest BCUT2D eigenvalue weighted by Crippen LogP contribution is 2.16. The van der Waals surface area contributed by atoms with E-state index in [1.54, 1.807) is 18.1 Å². The fourth-order valence-corrected chi connectivity index (χ4v) is 3.61. The Morgan fingerprint density at radius 1 is 1.07 bits per heavy atom. The molecule has 1 N–H and O–H groups in total. The minimum Gasteiger partial charge on any atom is -0.334 e. The average molecular weight is 381 g/mol. The maximum Gasteiger partial charge on any atom is 0.317 e. The summed E-state index contributed by atoms with van der Waals surface area (Å²) in [5, 5.41) is 3.01. The van der Waals surface area contributed by atoms with Crippen LogP contribution >= 0.6 is 0 Å². The van der Waals surface area contributed by atoms with E-state index in [-0.39, 0.29) is 12.1 Å². The predicted octanol–water partition coefficient (Wildman–Crippen LogP) is 4.36. The van der Waals surface area contributed by atoms with Gasteiger partial charge >= 0.3 is 6.03 Å². The third-order valence-electron chi connectivity index (χ3n) is 5.59. The minimum atomic E-state index is -0.0909. The van der Waals surface area contributed by atoms with Crippen molar-refractivity contribution in [3.05, 3.63) is 65.5 Å². The van der Waals surface area contributed by atoms with Crippen molar-refractivity contribution in [2.45, 2.75) is 51.7 Å². The second kappa shape index (κ2) is 10.2. The molecular formula is C23H32N4O. The number of carbonyl (C=O) groups is 1. The lowest BCUT2D eigenvalue weighted by atomic mass is 10.1. The van der Waals surface area contributed by atoms with Crippen LogP contribution in [0.1, 0.15) is 55.5 Å². The smallest absolute Gasteiger partial charge is 0.317 e. The van der Waals surface area contributed by atoms with Crippen molar-refractivity contribution >= 4 is 6.03 Å². The van der Waals surface area contributed by atoms with Crippen LogP contribution in [0.3, 0.4) is 0 Å². The van der Waals surface area contributed by atoms with E-state index in [2.05, 4.69) is 39.5 Å². The van der Waals surface area contributed by atoms with E-state index >= 15 is 0 Å². The van der Waals surface area contributed by atoms with Crippen molar-refractivity contribution in [3.8, 4) is 0 Å². The van der Waals surface area contributed by atoms with Gasteiger partial charge in [-0.1, -0.05) is 43.2 Å². The summed E-state index contributed by atoms with van der Waals surface area (Å²) in [6.45, 7) is 5.95. The molecule has 5 nitrogen and oxygen atoms in total. The van der Waals surface area contributed by atoms with Gasteiger partial charge in [0.1, 0.15) is 0 Å². The molecule has 0 saturated carbocycles. The van der Waals surface area contributed by atoms with Crippen LogP contribution in [-0.2, 0) is 13.1 Å². The summed E-state index contributed by atoms with van der Waals surface area (Å²) in [6, 6.07) is 14.2. The minimum absolute atomic E-state index is 0.0720. The number of carbonyl (C=O) groups excluding carboxylic acids is 1. The number of nitrogens with zero attached hydrogens (tertiary/aromatic N) is 3. The first-order chi connectivity index (χ1) is 13.6. The van der Waals surface area contributed by atoms with Gasteiger partial charge < -0.3 is 10.2 Å². The molecule has 1 fully saturated rings. The lowest BCUT2D eigenvalue weighted by Gasteiger charge is -2.25. The van der Waals surface area contributed by atoms with Gasteiger partial charge in [-0.3, -0.25) is 9.88 Å². The van der Waals surface area contributed by atoms with Crippen LogP contribution in [-0.4, -0.2) is 41.0 Å². The van der Waals surface area contributed by atoms with Gasteiger partial charge in [-0.05, 0) is 56.1 Å². The quantitative estimate of drug-likeness (QED) is 0.810. The molecule has 1 aromatic heterocycles. The zero-order chi connectivity index (χ0) is 19.8. The fraction of sp³-hybridized carbons (Fsp3) is 0.478. The third kappa shape index (κ3) is 5.80. The van der Waals surface area contributed by atoms with Crippen LogP contribution < -0.4 is 5.32 Å². The summed E-state index contributed by atoms with van der Waals surface area (Å²) >= 11 is 0. The molecule has 28 heavy (non-hydrogen) atoms. The van der Waals surface area contributed by atoms with Crippen molar-refractivity contribution < 1.29 is 4.79 Å². The summed E-state index contributed by atoms with van der Waals surface area (Å²) in [6.07, 6.45) is 7.11. The number of pyridine rings is 1. The largest absolute Gasteiger partial charge is 0.334 e. The first-order valence-electron chi connectivity index (χ1n) is 10.4. The number of benzene rings is 1. The van der Waals surface area contributed by atoms with E-state index in [9.17, 15) is 4.79 Å². The molecule has 2 amide bonds. The SMILES string of the molecule is CC(c1ccccn1)N(C)C(=O)NCc1ccc(CN2CCCCCC2)cc1. The molecule has 3 rings (SSSR count). The Labute approximate surface area is 168 Å². The van der Waals surface area contributed by atoms with E-state index < -0.39 is 0 Å². The molecule has 1 aromatic carbocycles. The summed E-state index contributed by atoms with van der Waals surface area (Å²) in [5.74, 6) is 0. The molecule has 0 bridgehead atoms. The molecule has 2 heterocycles. The van der Waals surface area contributed by atoms with Gasteiger partial charge in [0.25, 0.3) is 0 Å². The normalized spacial score (nSPS) is 16.2. The maximum atomic E-state index is 12.5. The summed E-state index contributed by atoms with van der Waals surface area (Å²) in [5.41, 5.74) is 3.35. The fourth-order valence-electron chi connectivity index (χ4n) is 3.61. The number of hydrogen-bond acceptors (Lipinski definition) is 3. The van der Waals surface area contributed by atoms with E-state index in [0.29, 0.717) is 6.54 Å². The van der Waals surface area contributed by atoms with Gasteiger partial charge in [0, 0.05) is 26.3 Å². The summed E-state index contributed by atoms with van der Waals surface area (Å²) < 4.78 is 0. The van der Waals surface area contributed by atoms with Gasteiger partial charge in [-0.25, -0.2) is 4.79 Å². The lowest BCUT2D eigenvalue weighted by Crippen LogP contribution is -2.38. The Kier molecular flexibility index (Phi) is 7.43. The van der Waals surface area contributed by atoms with Gasteiger partial charge in [0.15, 0.2) is 0 Å². The molecule has 0 aliphatic carbocycles. The standard InChI is InChI=1S/C23H32N4O/c1-19(22-9-5-6-14-24-22)26(2)23(28)25-17-20-10-12-21(13-11-20)18-27-15-7-3-4-8-16-27/h5-6,9-14,19H,3-4,7-8,15-18H2,1-2H3,(H,25,28). The van der Waals surface area contributed by atoms with Crippen LogP contribution in [0.25, 0.3) is 0 Å². The number of likely N-dealkylation sites (tertiary alicyclic amines) is 1. The van der Waals surface area contributed by atoms with Gasteiger partial charge in [-0.15, -0.1) is 0 Å². The Morgan fingerprint density at radius 3 is 2.39 bits per heavy atom. The van der Waals surface area contributed by atoms with E-state index in [4.69, 9.17) is 0 Å². The number of rotatable bonds is 6. The Morgan fingerprint density at radius 2 is 1.75 bits per heavy atom. The molecule has 0 spiro atoms. The van der Waals surface area contributed by atoms with Crippen LogP contribution in [0.4, 0.5) is 4.79 Å². The van der Waals surface area contributed by atoms with Crippen LogP contribution in [0.5, 0.6) is 0 Å². The molecule has 1 saturated heterocycles. The highest BCUT2D eigenvalue weighted by Gasteiger charge is 2.17. The molecule has 0 radical (unpaired) electrons. The highest BCUT2D eigenvalue weighted by molar-refractivity contribution is 5.74. The lowest BCUT2D eigenvalue weighted by molar-refractivity contribution is 0.193. The van der Waals surface area contributed by atoms with E-state index in [0.717, 1.165) is 17.8 Å². The third-order valence-corrected chi connectivity index (χ3v) is 5.59.